The Bertz CT molecular complexity index is 422. The van der Waals surface area contributed by atoms with Crippen molar-refractivity contribution in [2.45, 2.75) is 39.7 Å². The number of hydrogen-bond donors (Lipinski definition) is 2. The van der Waals surface area contributed by atoms with Crippen LogP contribution in [0.2, 0.25) is 0 Å². The molecule has 0 fully saturated rings. The molecule has 5 nitrogen and oxygen atoms in total. The normalized spacial score (nSPS) is 11.2. The largest absolute Gasteiger partial charge is 0.357 e. The van der Waals surface area contributed by atoms with Gasteiger partial charge in [0.1, 0.15) is 5.82 Å². The Balaban J connectivity index is 2.68. The standard InChI is InChI=1S/C15H26N4O/c1-5-9-19(6-2)13-8-7-12(10-17-13)14(20)18-11-15(3,4)16/h7-8,10H,5-6,9,11,16H2,1-4H3,(H,18,20). The lowest BCUT2D eigenvalue weighted by atomic mass is 10.1. The number of nitrogens with zero attached hydrogens (tertiary/aromatic N) is 2. The molecule has 1 rings (SSSR count). The molecule has 0 spiro atoms. The average Bonchev–Trinajstić information content (AvgIpc) is 2.41. The SMILES string of the molecule is CCCN(CC)c1ccc(C(=O)NCC(C)(C)N)cn1. The summed E-state index contributed by atoms with van der Waals surface area (Å²) >= 11 is 0. The number of rotatable bonds is 7. The summed E-state index contributed by atoms with van der Waals surface area (Å²) in [6.07, 6.45) is 2.69. The average molecular weight is 278 g/mol. The molecule has 0 saturated heterocycles. The van der Waals surface area contributed by atoms with E-state index in [0.29, 0.717) is 12.1 Å². The quantitative estimate of drug-likeness (QED) is 0.797. The first-order chi connectivity index (χ1) is 9.37. The number of carbonyl (C=O) groups is 1. The van der Waals surface area contributed by atoms with E-state index in [9.17, 15) is 4.79 Å². The molecule has 0 saturated carbocycles. The molecule has 1 amide bonds. The van der Waals surface area contributed by atoms with E-state index in [-0.39, 0.29) is 5.91 Å². The van der Waals surface area contributed by atoms with Crippen molar-refractivity contribution in [2.75, 3.05) is 24.5 Å². The van der Waals surface area contributed by atoms with Gasteiger partial charge in [-0.15, -0.1) is 0 Å². The molecule has 0 aliphatic carbocycles. The van der Waals surface area contributed by atoms with Gasteiger partial charge in [0, 0.05) is 31.4 Å². The Labute approximate surface area is 121 Å². The zero-order chi connectivity index (χ0) is 15.2. The van der Waals surface area contributed by atoms with Crippen molar-refractivity contribution < 1.29 is 4.79 Å². The van der Waals surface area contributed by atoms with Crippen LogP contribution in [-0.4, -0.2) is 36.1 Å². The van der Waals surface area contributed by atoms with Gasteiger partial charge in [-0.3, -0.25) is 4.79 Å². The van der Waals surface area contributed by atoms with Gasteiger partial charge in [0.25, 0.3) is 5.91 Å². The second-order valence-electron chi connectivity index (χ2n) is 5.66. The predicted octanol–water partition coefficient (Wildman–Crippen LogP) is 1.78. The van der Waals surface area contributed by atoms with Gasteiger partial charge in [-0.05, 0) is 39.3 Å². The summed E-state index contributed by atoms with van der Waals surface area (Å²) in [5, 5.41) is 2.81. The molecule has 0 aromatic carbocycles. The molecule has 0 unspecified atom stereocenters. The van der Waals surface area contributed by atoms with Gasteiger partial charge >= 0.3 is 0 Å². The van der Waals surface area contributed by atoms with Crippen LogP contribution < -0.4 is 16.0 Å². The molecule has 112 valence electrons. The topological polar surface area (TPSA) is 71.2 Å². The van der Waals surface area contributed by atoms with Gasteiger partial charge in [-0.25, -0.2) is 4.98 Å². The molecule has 1 aromatic heterocycles. The highest BCUT2D eigenvalue weighted by Crippen LogP contribution is 2.11. The van der Waals surface area contributed by atoms with Gasteiger partial charge in [-0.1, -0.05) is 6.92 Å². The first kappa shape index (κ1) is 16.4. The lowest BCUT2D eigenvalue weighted by Gasteiger charge is -2.21. The van der Waals surface area contributed by atoms with Crippen LogP contribution in [0, 0.1) is 0 Å². The molecule has 3 N–H and O–H groups in total. The Hall–Kier alpha value is -1.62. The predicted molar refractivity (Wildman–Crippen MR) is 83.0 cm³/mol. The Kier molecular flexibility index (Phi) is 5.95. The maximum absolute atomic E-state index is 11.9. The molecule has 0 bridgehead atoms. The van der Waals surface area contributed by atoms with Crippen molar-refractivity contribution in [3.05, 3.63) is 23.9 Å². The summed E-state index contributed by atoms with van der Waals surface area (Å²) in [6.45, 7) is 10.3. The van der Waals surface area contributed by atoms with E-state index < -0.39 is 5.54 Å². The van der Waals surface area contributed by atoms with Crippen LogP contribution in [0.15, 0.2) is 18.3 Å². The van der Waals surface area contributed by atoms with Gasteiger partial charge in [0.15, 0.2) is 0 Å². The van der Waals surface area contributed by atoms with Gasteiger partial charge in [-0.2, -0.15) is 0 Å². The minimum absolute atomic E-state index is 0.138. The fourth-order valence-electron chi connectivity index (χ4n) is 1.82. The first-order valence-electron chi connectivity index (χ1n) is 7.15. The van der Waals surface area contributed by atoms with E-state index in [1.54, 1.807) is 12.3 Å². The third-order valence-corrected chi connectivity index (χ3v) is 2.91. The van der Waals surface area contributed by atoms with E-state index in [4.69, 9.17) is 5.73 Å². The highest BCUT2D eigenvalue weighted by atomic mass is 16.1. The molecule has 1 aromatic rings. The fourth-order valence-corrected chi connectivity index (χ4v) is 1.82. The van der Waals surface area contributed by atoms with E-state index in [2.05, 4.69) is 29.0 Å². The number of nitrogens with two attached hydrogens (primary N) is 1. The minimum atomic E-state index is -0.414. The number of nitrogens with one attached hydrogen (secondary N) is 1. The summed E-state index contributed by atoms with van der Waals surface area (Å²) in [4.78, 5) is 18.5. The van der Waals surface area contributed by atoms with Crippen molar-refractivity contribution in [3.63, 3.8) is 0 Å². The molecule has 0 aliphatic heterocycles. The summed E-state index contributed by atoms with van der Waals surface area (Å²) in [5.41, 5.74) is 5.99. The zero-order valence-electron chi connectivity index (χ0n) is 12.9. The van der Waals surface area contributed by atoms with Gasteiger partial charge in [0.2, 0.25) is 0 Å². The smallest absolute Gasteiger partial charge is 0.252 e. The van der Waals surface area contributed by atoms with Crippen molar-refractivity contribution in [3.8, 4) is 0 Å². The Morgan fingerprint density at radius 1 is 1.40 bits per heavy atom. The molecule has 0 radical (unpaired) electrons. The molecule has 1 heterocycles. The fraction of sp³-hybridized carbons (Fsp3) is 0.600. The third-order valence-electron chi connectivity index (χ3n) is 2.91. The molecule has 0 aliphatic rings. The number of hydrogen-bond acceptors (Lipinski definition) is 4. The minimum Gasteiger partial charge on any atom is -0.357 e. The molecular formula is C15H26N4O. The van der Waals surface area contributed by atoms with E-state index in [1.165, 1.54) is 0 Å². The molecular weight excluding hydrogens is 252 g/mol. The van der Waals surface area contributed by atoms with Gasteiger partial charge in [0.05, 0.1) is 5.56 Å². The van der Waals surface area contributed by atoms with Crippen LogP contribution in [-0.2, 0) is 0 Å². The van der Waals surface area contributed by atoms with Crippen LogP contribution in [0.1, 0.15) is 44.5 Å². The van der Waals surface area contributed by atoms with Crippen LogP contribution in [0.4, 0.5) is 5.82 Å². The lowest BCUT2D eigenvalue weighted by molar-refractivity contribution is 0.0945. The number of pyridine rings is 1. The number of carbonyl (C=O) groups excluding carboxylic acids is 1. The monoisotopic (exact) mass is 278 g/mol. The van der Waals surface area contributed by atoms with Crippen molar-refractivity contribution >= 4 is 11.7 Å². The van der Waals surface area contributed by atoms with Crippen LogP contribution in [0.5, 0.6) is 0 Å². The third kappa shape index (κ3) is 5.17. The number of anilines is 1. The summed E-state index contributed by atoms with van der Waals surface area (Å²) in [5.74, 6) is 0.770. The van der Waals surface area contributed by atoms with Crippen molar-refractivity contribution in [2.24, 2.45) is 5.73 Å². The van der Waals surface area contributed by atoms with E-state index >= 15 is 0 Å². The first-order valence-corrected chi connectivity index (χ1v) is 7.15. The summed E-state index contributed by atoms with van der Waals surface area (Å²) in [7, 11) is 0. The Morgan fingerprint density at radius 2 is 2.10 bits per heavy atom. The van der Waals surface area contributed by atoms with Gasteiger partial charge < -0.3 is 16.0 Å². The molecule has 5 heteroatoms. The highest BCUT2D eigenvalue weighted by molar-refractivity contribution is 5.94. The highest BCUT2D eigenvalue weighted by Gasteiger charge is 2.14. The van der Waals surface area contributed by atoms with Crippen LogP contribution >= 0.6 is 0 Å². The summed E-state index contributed by atoms with van der Waals surface area (Å²) in [6, 6.07) is 3.70. The lowest BCUT2D eigenvalue weighted by Crippen LogP contribution is -2.45. The van der Waals surface area contributed by atoms with E-state index in [1.807, 2.05) is 19.9 Å². The van der Waals surface area contributed by atoms with Crippen LogP contribution in [0.3, 0.4) is 0 Å². The maximum atomic E-state index is 11.9. The van der Waals surface area contributed by atoms with Crippen LogP contribution in [0.25, 0.3) is 0 Å². The summed E-state index contributed by atoms with van der Waals surface area (Å²) < 4.78 is 0. The van der Waals surface area contributed by atoms with Crippen molar-refractivity contribution in [1.82, 2.24) is 10.3 Å². The van der Waals surface area contributed by atoms with E-state index in [0.717, 1.165) is 25.3 Å². The second kappa shape index (κ2) is 7.24. The molecule has 0 atom stereocenters. The zero-order valence-corrected chi connectivity index (χ0v) is 12.9. The molecule has 20 heavy (non-hydrogen) atoms. The number of aromatic nitrogens is 1. The Morgan fingerprint density at radius 3 is 2.55 bits per heavy atom. The van der Waals surface area contributed by atoms with Crippen molar-refractivity contribution in [1.29, 1.82) is 0 Å². The second-order valence-corrected chi connectivity index (χ2v) is 5.66. The maximum Gasteiger partial charge on any atom is 0.252 e. The number of amides is 1.